The van der Waals surface area contributed by atoms with E-state index in [9.17, 15) is 9.59 Å². The monoisotopic (exact) mass is 419 g/mol. The summed E-state index contributed by atoms with van der Waals surface area (Å²) >= 11 is 1.13. The first-order valence-corrected chi connectivity index (χ1v) is 9.29. The second kappa shape index (κ2) is 6.72. The maximum absolute atomic E-state index is 15.1. The minimum atomic E-state index is -0.573. The van der Waals surface area contributed by atoms with Crippen LogP contribution < -0.4 is 15.7 Å². The molecule has 28 heavy (non-hydrogen) atoms. The Morgan fingerprint density at radius 1 is 1.29 bits per heavy atom. The number of benzene rings is 1. The highest BCUT2D eigenvalue weighted by Gasteiger charge is 2.31. The molecule has 3 heterocycles. The quantitative estimate of drug-likeness (QED) is 0.547. The van der Waals surface area contributed by atoms with Gasteiger partial charge in [0, 0.05) is 18.4 Å². The minimum Gasteiger partial charge on any atom is -0.494 e. The SMILES string of the molecule is COc1c(-c2ccncc2)c(F)cc2c(=O)c3c(=O)[nH]sc3n(C3CC3)c12.Cl. The molecule has 0 bridgehead atoms. The van der Waals surface area contributed by atoms with Crippen molar-refractivity contribution >= 4 is 45.1 Å². The van der Waals surface area contributed by atoms with Crippen LogP contribution in [-0.2, 0) is 0 Å². The Kier molecular flexibility index (Phi) is 4.47. The second-order valence-electron chi connectivity index (χ2n) is 6.54. The molecule has 0 amide bonds. The number of rotatable bonds is 3. The molecule has 0 atom stereocenters. The van der Waals surface area contributed by atoms with E-state index in [-0.39, 0.29) is 34.8 Å². The minimum absolute atomic E-state index is 0. The van der Waals surface area contributed by atoms with Gasteiger partial charge in [-0.3, -0.25) is 18.9 Å². The van der Waals surface area contributed by atoms with Crippen LogP contribution in [0, 0.1) is 5.82 Å². The number of ether oxygens (including phenoxy) is 1. The molecule has 144 valence electrons. The number of nitrogens with zero attached hydrogens (tertiary/aromatic N) is 2. The number of hydrogen-bond donors (Lipinski definition) is 1. The van der Waals surface area contributed by atoms with Crippen molar-refractivity contribution in [2.75, 3.05) is 7.11 Å². The van der Waals surface area contributed by atoms with Gasteiger partial charge in [0.05, 0.1) is 23.6 Å². The van der Waals surface area contributed by atoms with Crippen LogP contribution in [0.4, 0.5) is 4.39 Å². The smallest absolute Gasteiger partial charge is 0.271 e. The van der Waals surface area contributed by atoms with Crippen LogP contribution in [0.5, 0.6) is 5.75 Å². The molecule has 3 aromatic heterocycles. The molecule has 0 radical (unpaired) electrons. The molecule has 0 aliphatic heterocycles. The molecule has 0 unspecified atom stereocenters. The van der Waals surface area contributed by atoms with Gasteiger partial charge in [-0.15, -0.1) is 12.4 Å². The van der Waals surface area contributed by atoms with Crippen molar-refractivity contribution in [3.05, 3.63) is 57.0 Å². The summed E-state index contributed by atoms with van der Waals surface area (Å²) in [5, 5.41) is 0.239. The van der Waals surface area contributed by atoms with Gasteiger partial charge in [0.1, 0.15) is 16.0 Å². The highest BCUT2D eigenvalue weighted by molar-refractivity contribution is 7.12. The van der Waals surface area contributed by atoms with Crippen molar-refractivity contribution < 1.29 is 9.13 Å². The Morgan fingerprint density at radius 3 is 2.64 bits per heavy atom. The summed E-state index contributed by atoms with van der Waals surface area (Å²) in [4.78, 5) is 29.7. The average Bonchev–Trinajstić information content (AvgIpc) is 3.44. The summed E-state index contributed by atoms with van der Waals surface area (Å²) in [5.41, 5.74) is 0.509. The van der Waals surface area contributed by atoms with Crippen LogP contribution in [0.25, 0.3) is 32.2 Å². The van der Waals surface area contributed by atoms with Crippen molar-refractivity contribution in [3.8, 4) is 16.9 Å². The molecule has 1 aromatic carbocycles. The van der Waals surface area contributed by atoms with E-state index in [1.165, 1.54) is 13.2 Å². The van der Waals surface area contributed by atoms with Gasteiger partial charge in [0.15, 0.2) is 5.75 Å². The van der Waals surface area contributed by atoms with Crippen LogP contribution in [-0.4, -0.2) is 21.0 Å². The van der Waals surface area contributed by atoms with Crippen molar-refractivity contribution in [1.29, 1.82) is 0 Å². The van der Waals surface area contributed by atoms with E-state index in [4.69, 9.17) is 4.74 Å². The maximum atomic E-state index is 15.1. The van der Waals surface area contributed by atoms with Gasteiger partial charge in [-0.1, -0.05) is 0 Å². The highest BCUT2D eigenvalue weighted by atomic mass is 35.5. The van der Waals surface area contributed by atoms with E-state index >= 15 is 4.39 Å². The molecule has 6 nitrogen and oxygen atoms in total. The fraction of sp³-hybridized carbons (Fsp3) is 0.211. The zero-order chi connectivity index (χ0) is 18.7. The Morgan fingerprint density at radius 2 is 2.00 bits per heavy atom. The lowest BCUT2D eigenvalue weighted by Gasteiger charge is -2.18. The third kappa shape index (κ3) is 2.56. The Bertz CT molecular complexity index is 1330. The number of methoxy groups -OCH3 is 1. The maximum Gasteiger partial charge on any atom is 0.271 e. The summed E-state index contributed by atoms with van der Waals surface area (Å²) in [5.74, 6) is -0.279. The molecule has 1 N–H and O–H groups in total. The summed E-state index contributed by atoms with van der Waals surface area (Å²) in [6, 6.07) is 4.76. The van der Waals surface area contributed by atoms with Gasteiger partial charge < -0.3 is 9.30 Å². The van der Waals surface area contributed by atoms with Crippen LogP contribution in [0.15, 0.2) is 40.2 Å². The van der Waals surface area contributed by atoms with Crippen LogP contribution in [0.2, 0.25) is 0 Å². The van der Waals surface area contributed by atoms with Crippen molar-refractivity contribution in [2.45, 2.75) is 18.9 Å². The first kappa shape index (κ1) is 18.6. The molecule has 4 aromatic rings. The Labute approximate surface area is 168 Å². The molecule has 9 heteroatoms. The molecule has 0 spiro atoms. The largest absolute Gasteiger partial charge is 0.494 e. The standard InChI is InChI=1S/C19H14FN3O3S.ClH/c1-26-17-13(9-4-6-21-7-5-9)12(20)8-11-15(17)23(10-2-3-10)19-14(16(11)24)18(25)22-27-19;/h4-8,10H,2-3H2,1H3,(H,22,25);1H. The molecular formula is C19H15ClFN3O3S. The fourth-order valence-corrected chi connectivity index (χ4v) is 4.51. The van der Waals surface area contributed by atoms with Crippen LogP contribution in [0.3, 0.4) is 0 Å². The van der Waals surface area contributed by atoms with Gasteiger partial charge in [-0.25, -0.2) is 4.39 Å². The second-order valence-corrected chi connectivity index (χ2v) is 7.34. The third-order valence-corrected chi connectivity index (χ3v) is 5.79. The number of H-pyrrole nitrogens is 1. The van der Waals surface area contributed by atoms with Gasteiger partial charge in [0.25, 0.3) is 5.56 Å². The molecule has 5 rings (SSSR count). The van der Waals surface area contributed by atoms with E-state index < -0.39 is 16.8 Å². The molecule has 1 aliphatic rings. The number of nitrogens with one attached hydrogen (secondary N) is 1. The van der Waals surface area contributed by atoms with Gasteiger partial charge >= 0.3 is 0 Å². The predicted molar refractivity (Wildman–Crippen MR) is 109 cm³/mol. The number of fused-ring (bicyclic) bond motifs is 2. The summed E-state index contributed by atoms with van der Waals surface area (Å²) in [6.45, 7) is 0. The number of pyridine rings is 2. The lowest BCUT2D eigenvalue weighted by molar-refractivity contribution is 0.416. The van der Waals surface area contributed by atoms with E-state index in [0.29, 0.717) is 21.7 Å². The zero-order valence-electron chi connectivity index (χ0n) is 14.7. The summed E-state index contributed by atoms with van der Waals surface area (Å²) < 4.78 is 25.3. The lowest BCUT2D eigenvalue weighted by atomic mass is 10.0. The number of halogens is 2. The van der Waals surface area contributed by atoms with Gasteiger partial charge in [-0.05, 0) is 48.1 Å². The van der Waals surface area contributed by atoms with E-state index in [0.717, 1.165) is 24.4 Å². The van der Waals surface area contributed by atoms with Gasteiger partial charge in [0.2, 0.25) is 5.43 Å². The first-order chi connectivity index (χ1) is 13.1. The Hall–Kier alpha value is -2.71. The third-order valence-electron chi connectivity index (χ3n) is 4.91. The topological polar surface area (TPSA) is 77.0 Å². The van der Waals surface area contributed by atoms with Crippen molar-refractivity contribution in [3.63, 3.8) is 0 Å². The number of hydrogen-bond acceptors (Lipinski definition) is 5. The molecule has 1 aliphatic carbocycles. The molecular weight excluding hydrogens is 405 g/mol. The first-order valence-electron chi connectivity index (χ1n) is 8.48. The average molecular weight is 420 g/mol. The highest BCUT2D eigenvalue weighted by Crippen LogP contribution is 2.45. The molecule has 0 saturated heterocycles. The summed E-state index contributed by atoms with van der Waals surface area (Å²) in [7, 11) is 1.46. The van der Waals surface area contributed by atoms with E-state index in [2.05, 4.69) is 9.36 Å². The normalized spacial score (nSPS) is 13.6. The van der Waals surface area contributed by atoms with Crippen LogP contribution in [0.1, 0.15) is 18.9 Å². The Balaban J connectivity index is 0.00000192. The number of aromatic amines is 1. The predicted octanol–water partition coefficient (Wildman–Crippen LogP) is 3.87. The molecule has 1 fully saturated rings. The van der Waals surface area contributed by atoms with E-state index in [1.807, 2.05) is 4.57 Å². The summed E-state index contributed by atoms with van der Waals surface area (Å²) in [6.07, 6.45) is 5.02. The molecule has 1 saturated carbocycles. The zero-order valence-corrected chi connectivity index (χ0v) is 16.3. The van der Waals surface area contributed by atoms with Crippen LogP contribution >= 0.6 is 23.9 Å². The van der Waals surface area contributed by atoms with Crippen molar-refractivity contribution in [2.24, 2.45) is 0 Å². The van der Waals surface area contributed by atoms with Crippen molar-refractivity contribution in [1.82, 2.24) is 13.9 Å². The lowest BCUT2D eigenvalue weighted by Crippen LogP contribution is -2.16. The van der Waals surface area contributed by atoms with E-state index in [1.54, 1.807) is 24.5 Å². The number of aromatic nitrogens is 3. The van der Waals surface area contributed by atoms with Gasteiger partial charge in [-0.2, -0.15) is 0 Å². The fourth-order valence-electron chi connectivity index (χ4n) is 3.60.